The number of anilines is 4. The first-order valence-electron chi connectivity index (χ1n) is 28.4. The van der Waals surface area contributed by atoms with Gasteiger partial charge in [0.15, 0.2) is 0 Å². The summed E-state index contributed by atoms with van der Waals surface area (Å²) in [7, 11) is 0. The first kappa shape index (κ1) is 48.9. The zero-order valence-corrected chi connectivity index (χ0v) is 46.0. The first-order valence-corrected chi connectivity index (χ1v) is 28.4. The van der Waals surface area contributed by atoms with Crippen molar-refractivity contribution in [3.8, 4) is 61.8 Å². The number of fused-ring (bicyclic) bond motifs is 7. The molecule has 5 heteroatoms. The molecular formula is C77H58N4O. The zero-order chi connectivity index (χ0) is 54.9. The van der Waals surface area contributed by atoms with Crippen molar-refractivity contribution in [2.75, 3.05) is 16.5 Å². The molecular weight excluding hydrogens is 997 g/mol. The summed E-state index contributed by atoms with van der Waals surface area (Å²) < 4.78 is 9.39. The van der Waals surface area contributed by atoms with Crippen molar-refractivity contribution in [1.82, 2.24) is 9.55 Å². The van der Waals surface area contributed by atoms with Gasteiger partial charge in [-0.1, -0.05) is 221 Å². The first-order chi connectivity index (χ1) is 40.3. The van der Waals surface area contributed by atoms with Gasteiger partial charge >= 0.3 is 0 Å². The van der Waals surface area contributed by atoms with E-state index in [2.05, 4.69) is 314 Å². The van der Waals surface area contributed by atoms with Crippen LogP contribution in [0.1, 0.15) is 48.6 Å². The molecule has 0 radical (unpaired) electrons. The molecule has 82 heavy (non-hydrogen) atoms. The number of nitrogens with zero attached hydrogens (tertiary/aromatic N) is 4. The van der Waals surface area contributed by atoms with Gasteiger partial charge in [0.1, 0.15) is 24.0 Å². The molecule has 392 valence electrons. The molecule has 5 nitrogen and oxygen atoms in total. The smallest absolute Gasteiger partial charge is 0.137 e. The summed E-state index contributed by atoms with van der Waals surface area (Å²) in [6.45, 7) is 7.51. The Labute approximate surface area is 479 Å². The summed E-state index contributed by atoms with van der Waals surface area (Å²) in [5.74, 6) is 2.31. The molecule has 3 heterocycles. The van der Waals surface area contributed by atoms with Crippen molar-refractivity contribution in [3.05, 3.63) is 313 Å². The summed E-state index contributed by atoms with van der Waals surface area (Å²) in [5, 5.41) is 2.26. The molecule has 15 rings (SSSR count). The lowest BCUT2D eigenvalue weighted by Gasteiger charge is -2.34. The molecule has 2 aliphatic rings. The highest BCUT2D eigenvalue weighted by atomic mass is 16.5. The molecule has 0 N–H and O–H groups in total. The highest BCUT2D eigenvalue weighted by molar-refractivity contribution is 6.10. The number of benzene rings is 11. The van der Waals surface area contributed by atoms with E-state index < -0.39 is 5.41 Å². The van der Waals surface area contributed by atoms with Crippen molar-refractivity contribution in [2.24, 2.45) is 0 Å². The molecule has 2 aromatic heterocycles. The molecule has 0 saturated heterocycles. The predicted molar refractivity (Wildman–Crippen MR) is 339 cm³/mol. The van der Waals surface area contributed by atoms with E-state index in [1.54, 1.807) is 0 Å². The summed E-state index contributed by atoms with van der Waals surface area (Å²) in [5.41, 5.74) is 21.7. The normalized spacial score (nSPS) is 13.3. The van der Waals surface area contributed by atoms with Gasteiger partial charge in [0.25, 0.3) is 0 Å². The van der Waals surface area contributed by atoms with E-state index in [0.29, 0.717) is 6.67 Å². The minimum Gasteiger partial charge on any atom is -0.457 e. The molecule has 13 aromatic rings. The Hall–Kier alpha value is -10.2. The van der Waals surface area contributed by atoms with Crippen LogP contribution in [0.2, 0.25) is 0 Å². The third-order valence-corrected chi connectivity index (χ3v) is 16.9. The molecule has 1 aliphatic carbocycles. The Morgan fingerprint density at radius 1 is 0.402 bits per heavy atom. The highest BCUT2D eigenvalue weighted by Crippen LogP contribution is 2.57. The largest absolute Gasteiger partial charge is 0.457 e. The van der Waals surface area contributed by atoms with E-state index in [0.717, 1.165) is 72.9 Å². The minimum atomic E-state index is -0.586. The van der Waals surface area contributed by atoms with Crippen LogP contribution in [0.5, 0.6) is 11.5 Å². The molecule has 0 saturated carbocycles. The van der Waals surface area contributed by atoms with E-state index >= 15 is 0 Å². The van der Waals surface area contributed by atoms with E-state index in [1.807, 2.05) is 6.20 Å². The molecule has 0 atom stereocenters. The van der Waals surface area contributed by atoms with Gasteiger partial charge in [-0.2, -0.15) is 0 Å². The van der Waals surface area contributed by atoms with Crippen LogP contribution in [0, 0.1) is 0 Å². The van der Waals surface area contributed by atoms with Crippen LogP contribution in [0.3, 0.4) is 0 Å². The lowest BCUT2D eigenvalue weighted by molar-refractivity contribution is 0.483. The Morgan fingerprint density at radius 3 is 1.57 bits per heavy atom. The van der Waals surface area contributed by atoms with Gasteiger partial charge in [-0.3, -0.25) is 4.57 Å². The molecule has 0 fully saturated rings. The van der Waals surface area contributed by atoms with Gasteiger partial charge in [0, 0.05) is 45.9 Å². The lowest BCUT2D eigenvalue weighted by atomic mass is 9.68. The van der Waals surface area contributed by atoms with Crippen molar-refractivity contribution in [1.29, 1.82) is 0 Å². The van der Waals surface area contributed by atoms with E-state index in [9.17, 15) is 0 Å². The number of ether oxygens (including phenoxy) is 1. The summed E-state index contributed by atoms with van der Waals surface area (Å²) in [6, 6.07) is 101. The predicted octanol–water partition coefficient (Wildman–Crippen LogP) is 19.9. The Bertz CT molecular complexity index is 4460. The molecule has 0 bridgehead atoms. The van der Waals surface area contributed by atoms with Crippen LogP contribution in [0.4, 0.5) is 22.7 Å². The van der Waals surface area contributed by atoms with Gasteiger partial charge in [-0.15, -0.1) is 0 Å². The topological polar surface area (TPSA) is 33.5 Å². The van der Waals surface area contributed by atoms with E-state index in [1.165, 1.54) is 61.3 Å². The number of aromatic nitrogens is 2. The number of rotatable bonds is 10. The van der Waals surface area contributed by atoms with E-state index in [-0.39, 0.29) is 5.41 Å². The van der Waals surface area contributed by atoms with Crippen LogP contribution in [-0.2, 0) is 10.8 Å². The SMILES string of the molecule is CC(C)(C)c1cc(-c2ccccc2)c(N2CN(c3cccc(Oc4ccc5c6ccc(-c7ccccc7)cc6n(-c6cc(C7(c8ccccc8)c8ccccc8-c8ccccc87)ccn6)c5c4)c3)c3ccccc32)c(-c2ccccc2)c1. The fourth-order valence-electron chi connectivity index (χ4n) is 13.1. The van der Waals surface area contributed by atoms with Gasteiger partial charge in [-0.25, -0.2) is 4.98 Å². The maximum atomic E-state index is 7.05. The fraction of sp³-hybridized carbons (Fsp3) is 0.0779. The average molecular weight is 1060 g/mol. The standard InChI is InChI=1S/C77H58N4O/c1-76(2,3)58-46-66(53-25-10-5-11-26-53)75(67(47-58)54-27-12-6-13-28-54)80-51-79(70-37-20-21-38-71(70)80)59-31-22-32-60(49-59)82-61-40-42-65-64-41-39-55(52-23-8-4-9-24-52)45-72(64)81(73(65)50-61)74-48-57(43-44-78-74)77(56-29-14-7-15-30-56)68-35-18-16-33-62(68)63-34-17-19-36-69(63)77/h4-50H,51H2,1-3H3. The van der Waals surface area contributed by atoms with Crippen LogP contribution >= 0.6 is 0 Å². The van der Waals surface area contributed by atoms with Crippen LogP contribution < -0.4 is 14.5 Å². The number of hydrogen-bond acceptors (Lipinski definition) is 4. The monoisotopic (exact) mass is 1050 g/mol. The second-order valence-electron chi connectivity index (χ2n) is 22.7. The minimum absolute atomic E-state index is 0.0714. The molecule has 11 aromatic carbocycles. The molecule has 0 spiro atoms. The third-order valence-electron chi connectivity index (χ3n) is 16.9. The summed E-state index contributed by atoms with van der Waals surface area (Å²) in [6.07, 6.45) is 1.99. The van der Waals surface area contributed by atoms with Gasteiger partial charge < -0.3 is 14.5 Å². The Balaban J connectivity index is 0.850. The third kappa shape index (κ3) is 8.03. The lowest BCUT2D eigenvalue weighted by Crippen LogP contribution is -2.28. The van der Waals surface area contributed by atoms with Crippen molar-refractivity contribution in [2.45, 2.75) is 31.6 Å². The highest BCUT2D eigenvalue weighted by Gasteiger charge is 2.46. The van der Waals surface area contributed by atoms with Crippen LogP contribution in [-0.4, -0.2) is 16.2 Å². The fourth-order valence-corrected chi connectivity index (χ4v) is 13.1. The number of hydrogen-bond donors (Lipinski definition) is 0. The second-order valence-corrected chi connectivity index (χ2v) is 22.7. The molecule has 0 amide bonds. The van der Waals surface area contributed by atoms with Gasteiger partial charge in [-0.05, 0) is 133 Å². The maximum Gasteiger partial charge on any atom is 0.137 e. The zero-order valence-electron chi connectivity index (χ0n) is 46.0. The molecule has 0 unspecified atom stereocenters. The van der Waals surface area contributed by atoms with Crippen molar-refractivity contribution in [3.63, 3.8) is 0 Å². The summed E-state index contributed by atoms with van der Waals surface area (Å²) >= 11 is 0. The average Bonchev–Trinajstić information content (AvgIpc) is 4.18. The quantitative estimate of drug-likeness (QED) is 0.137. The van der Waals surface area contributed by atoms with Gasteiger partial charge in [0.2, 0.25) is 0 Å². The Kier molecular flexibility index (Phi) is 11.6. The summed E-state index contributed by atoms with van der Waals surface area (Å²) in [4.78, 5) is 10.2. The van der Waals surface area contributed by atoms with E-state index in [4.69, 9.17) is 9.72 Å². The molecule has 1 aliphatic heterocycles. The number of para-hydroxylation sites is 2. The van der Waals surface area contributed by atoms with Crippen molar-refractivity contribution < 1.29 is 4.74 Å². The van der Waals surface area contributed by atoms with Crippen molar-refractivity contribution >= 4 is 44.6 Å². The Morgan fingerprint density at radius 2 is 0.939 bits per heavy atom. The number of pyridine rings is 1. The van der Waals surface area contributed by atoms with Gasteiger partial charge in [0.05, 0.1) is 33.5 Å². The van der Waals surface area contributed by atoms with Crippen LogP contribution in [0.15, 0.2) is 285 Å². The van der Waals surface area contributed by atoms with Crippen LogP contribution in [0.25, 0.3) is 72.1 Å². The second kappa shape index (κ2) is 19.5. The maximum absolute atomic E-state index is 7.05.